The van der Waals surface area contributed by atoms with Crippen molar-refractivity contribution in [2.75, 3.05) is 53.5 Å². The van der Waals surface area contributed by atoms with Crippen molar-refractivity contribution in [1.82, 2.24) is 19.7 Å². The van der Waals surface area contributed by atoms with Crippen molar-refractivity contribution in [3.63, 3.8) is 0 Å². The fourth-order valence-electron chi connectivity index (χ4n) is 6.38. The molecule has 3 aliphatic rings. The largest absolute Gasteiger partial charge is 0.497 e. The molecule has 3 fully saturated rings. The smallest absolute Gasteiger partial charge is 0.255 e. The topological polar surface area (TPSA) is 58.1 Å². The van der Waals surface area contributed by atoms with Gasteiger partial charge in [0.2, 0.25) is 0 Å². The minimum absolute atomic E-state index is 0.166. The summed E-state index contributed by atoms with van der Waals surface area (Å²) >= 11 is 0. The average molecular weight is 507 g/mol. The number of carbonyl (C=O) groups is 1. The van der Waals surface area contributed by atoms with Crippen LogP contribution in [0.15, 0.2) is 30.3 Å². The molecule has 2 aromatic rings. The Labute approximate surface area is 221 Å². The van der Waals surface area contributed by atoms with Gasteiger partial charge in [-0.15, -0.1) is 0 Å². The van der Waals surface area contributed by atoms with Gasteiger partial charge in [-0.3, -0.25) is 19.6 Å². The molecule has 0 unspecified atom stereocenters. The summed E-state index contributed by atoms with van der Waals surface area (Å²) in [6, 6.07) is 10.8. The number of hydrogen-bond donors (Lipinski definition) is 0. The fraction of sp³-hybridized carbons (Fsp3) is 0.600. The van der Waals surface area contributed by atoms with Crippen LogP contribution in [-0.4, -0.2) is 85.1 Å². The molecule has 1 aromatic carbocycles. The number of aromatic nitrogens is 1. The van der Waals surface area contributed by atoms with Crippen LogP contribution in [0, 0.1) is 6.92 Å². The molecule has 5 rings (SSSR count). The highest BCUT2D eigenvalue weighted by Gasteiger charge is 2.31. The molecule has 2 saturated heterocycles. The Balaban J connectivity index is 1.22. The van der Waals surface area contributed by atoms with E-state index in [0.29, 0.717) is 5.92 Å². The Kier molecular flexibility index (Phi) is 8.30. The van der Waals surface area contributed by atoms with Crippen LogP contribution >= 0.6 is 0 Å². The molecule has 0 radical (unpaired) electrons. The molecule has 200 valence electrons. The summed E-state index contributed by atoms with van der Waals surface area (Å²) in [7, 11) is 3.38. The first-order valence-corrected chi connectivity index (χ1v) is 14.0. The van der Waals surface area contributed by atoms with E-state index in [1.165, 1.54) is 31.2 Å². The number of piperazine rings is 1. The number of carbonyl (C=O) groups excluding carboxylic acids is 1. The van der Waals surface area contributed by atoms with Crippen LogP contribution in [0.4, 0.5) is 0 Å². The van der Waals surface area contributed by atoms with E-state index in [1.807, 2.05) is 25.1 Å². The highest BCUT2D eigenvalue weighted by molar-refractivity contribution is 5.95. The normalized spacial score (nSPS) is 20.4. The number of likely N-dealkylation sites (tertiary alicyclic amines) is 1. The third-order valence-electron chi connectivity index (χ3n) is 8.53. The zero-order chi connectivity index (χ0) is 25.8. The summed E-state index contributed by atoms with van der Waals surface area (Å²) in [6.45, 7) is 8.50. The molecule has 1 saturated carbocycles. The number of amides is 1. The number of aryl methyl sites for hydroxylation is 1. The molecule has 1 aromatic heterocycles. The van der Waals surface area contributed by atoms with Gasteiger partial charge in [0.1, 0.15) is 11.5 Å². The molecule has 0 N–H and O–H groups in total. The maximum absolute atomic E-state index is 13.7. The van der Waals surface area contributed by atoms with Crippen molar-refractivity contribution in [1.29, 1.82) is 0 Å². The van der Waals surface area contributed by atoms with E-state index in [0.717, 1.165) is 93.1 Å². The number of methoxy groups -OCH3 is 2. The molecule has 7 nitrogen and oxygen atoms in total. The van der Waals surface area contributed by atoms with Crippen LogP contribution < -0.4 is 9.47 Å². The van der Waals surface area contributed by atoms with Crippen molar-refractivity contribution in [3.05, 3.63) is 52.8 Å². The first-order valence-electron chi connectivity index (χ1n) is 14.0. The molecular weight excluding hydrogens is 464 g/mol. The lowest BCUT2D eigenvalue weighted by molar-refractivity contribution is 0.0570. The van der Waals surface area contributed by atoms with Gasteiger partial charge >= 0.3 is 0 Å². The Hall–Kier alpha value is -2.64. The standard InChI is InChI=1S/C30H42N4O3/c1-22-8-9-28(30(35)34-16-14-33(15-17-34)25-6-4-5-7-25)29(31-22)24-10-12-32(13-11-24)21-23-18-26(36-2)20-27(19-23)37-3/h8-9,18-20,24-25H,4-7,10-17,21H2,1-3H3. The zero-order valence-corrected chi connectivity index (χ0v) is 22.7. The number of rotatable bonds is 7. The van der Waals surface area contributed by atoms with Crippen LogP contribution in [0.25, 0.3) is 0 Å². The summed E-state index contributed by atoms with van der Waals surface area (Å²) < 4.78 is 10.9. The maximum atomic E-state index is 13.7. The van der Waals surface area contributed by atoms with Gasteiger partial charge in [0.15, 0.2) is 0 Å². The number of piperidine rings is 1. The lowest BCUT2D eigenvalue weighted by atomic mass is 9.89. The van der Waals surface area contributed by atoms with Gasteiger partial charge in [-0.05, 0) is 75.5 Å². The van der Waals surface area contributed by atoms with E-state index in [2.05, 4.69) is 26.8 Å². The Morgan fingerprint density at radius 1 is 0.892 bits per heavy atom. The number of pyridine rings is 1. The second kappa shape index (κ2) is 11.8. The molecule has 2 aliphatic heterocycles. The Morgan fingerprint density at radius 2 is 1.54 bits per heavy atom. The second-order valence-corrected chi connectivity index (χ2v) is 10.9. The maximum Gasteiger partial charge on any atom is 0.255 e. The minimum atomic E-state index is 0.166. The van der Waals surface area contributed by atoms with Crippen molar-refractivity contribution in [2.24, 2.45) is 0 Å². The third-order valence-corrected chi connectivity index (χ3v) is 8.53. The van der Waals surface area contributed by atoms with Crippen molar-refractivity contribution < 1.29 is 14.3 Å². The quantitative estimate of drug-likeness (QED) is 0.552. The van der Waals surface area contributed by atoms with Gasteiger partial charge in [-0.1, -0.05) is 12.8 Å². The molecular formula is C30H42N4O3. The molecule has 0 bridgehead atoms. The lowest BCUT2D eigenvalue weighted by Gasteiger charge is -2.38. The Morgan fingerprint density at radius 3 is 2.16 bits per heavy atom. The molecule has 0 atom stereocenters. The van der Waals surface area contributed by atoms with Crippen LogP contribution in [0.2, 0.25) is 0 Å². The van der Waals surface area contributed by atoms with Gasteiger partial charge in [0.05, 0.1) is 25.5 Å². The highest BCUT2D eigenvalue weighted by atomic mass is 16.5. The van der Waals surface area contributed by atoms with E-state index in [4.69, 9.17) is 14.5 Å². The summed E-state index contributed by atoms with van der Waals surface area (Å²) in [5.41, 5.74) is 4.00. The van der Waals surface area contributed by atoms with Gasteiger partial charge in [0.25, 0.3) is 5.91 Å². The molecule has 37 heavy (non-hydrogen) atoms. The average Bonchev–Trinajstić information content (AvgIpc) is 3.48. The number of ether oxygens (including phenoxy) is 2. The van der Waals surface area contributed by atoms with E-state index >= 15 is 0 Å². The summed E-state index contributed by atoms with van der Waals surface area (Å²) in [4.78, 5) is 25.7. The van der Waals surface area contributed by atoms with Crippen molar-refractivity contribution in [3.8, 4) is 11.5 Å². The van der Waals surface area contributed by atoms with Gasteiger partial charge < -0.3 is 14.4 Å². The predicted molar refractivity (Wildman–Crippen MR) is 146 cm³/mol. The molecule has 3 heterocycles. The monoisotopic (exact) mass is 506 g/mol. The lowest BCUT2D eigenvalue weighted by Crippen LogP contribution is -2.51. The first-order chi connectivity index (χ1) is 18.0. The third kappa shape index (κ3) is 6.10. The number of nitrogens with zero attached hydrogens (tertiary/aromatic N) is 4. The predicted octanol–water partition coefficient (Wildman–Crippen LogP) is 4.49. The van der Waals surface area contributed by atoms with Crippen molar-refractivity contribution >= 4 is 5.91 Å². The molecule has 1 amide bonds. The fourth-order valence-corrected chi connectivity index (χ4v) is 6.38. The van der Waals surface area contributed by atoms with E-state index in [9.17, 15) is 4.79 Å². The van der Waals surface area contributed by atoms with Gasteiger partial charge in [0, 0.05) is 56.4 Å². The van der Waals surface area contributed by atoms with E-state index in [1.54, 1.807) is 14.2 Å². The number of benzene rings is 1. The number of hydrogen-bond acceptors (Lipinski definition) is 6. The summed E-state index contributed by atoms with van der Waals surface area (Å²) in [6.07, 6.45) is 7.37. The SMILES string of the molecule is COc1cc(CN2CCC(c3nc(C)ccc3C(=O)N3CCN(C4CCCC4)CC3)CC2)cc(OC)c1. The first kappa shape index (κ1) is 26.0. The minimum Gasteiger partial charge on any atom is -0.497 e. The van der Waals surface area contributed by atoms with Gasteiger partial charge in [-0.25, -0.2) is 0 Å². The zero-order valence-electron chi connectivity index (χ0n) is 22.7. The van der Waals surface area contributed by atoms with E-state index in [-0.39, 0.29) is 5.91 Å². The van der Waals surface area contributed by atoms with Crippen LogP contribution in [-0.2, 0) is 6.54 Å². The summed E-state index contributed by atoms with van der Waals surface area (Å²) in [5.74, 6) is 2.12. The van der Waals surface area contributed by atoms with Gasteiger partial charge in [-0.2, -0.15) is 0 Å². The molecule has 0 spiro atoms. The van der Waals surface area contributed by atoms with Crippen LogP contribution in [0.1, 0.15) is 71.8 Å². The van der Waals surface area contributed by atoms with Crippen LogP contribution in [0.5, 0.6) is 11.5 Å². The summed E-state index contributed by atoms with van der Waals surface area (Å²) in [5, 5.41) is 0. The van der Waals surface area contributed by atoms with E-state index < -0.39 is 0 Å². The molecule has 1 aliphatic carbocycles. The Bertz CT molecular complexity index is 1050. The second-order valence-electron chi connectivity index (χ2n) is 10.9. The van der Waals surface area contributed by atoms with Crippen molar-refractivity contribution in [2.45, 2.75) is 64.0 Å². The highest BCUT2D eigenvalue weighted by Crippen LogP contribution is 2.32. The van der Waals surface area contributed by atoms with Crippen LogP contribution in [0.3, 0.4) is 0 Å². The molecule has 7 heteroatoms.